The second-order valence-electron chi connectivity index (χ2n) is 4.39. The van der Waals surface area contributed by atoms with Gasteiger partial charge < -0.3 is 5.32 Å². The monoisotopic (exact) mass is 243 g/mol. The van der Waals surface area contributed by atoms with Gasteiger partial charge in [-0.3, -0.25) is 9.48 Å². The van der Waals surface area contributed by atoms with Crippen LogP contribution in [0.1, 0.15) is 28.4 Å². The number of aryl methyl sites for hydroxylation is 3. The Kier molecular flexibility index (Phi) is 3.46. The van der Waals surface area contributed by atoms with Crippen molar-refractivity contribution in [2.75, 3.05) is 5.32 Å². The highest BCUT2D eigenvalue weighted by Crippen LogP contribution is 2.11. The fraction of sp³-hybridized carbons (Fsp3) is 0.286. The summed E-state index contributed by atoms with van der Waals surface area (Å²) in [5.74, 6) is 0.462. The number of hydrogen-bond donors (Lipinski definition) is 1. The number of nitrogens with zero attached hydrogens (tertiary/aromatic N) is 2. The second kappa shape index (κ2) is 5.04. The van der Waals surface area contributed by atoms with E-state index in [2.05, 4.69) is 10.4 Å². The zero-order valence-corrected chi connectivity index (χ0v) is 10.9. The summed E-state index contributed by atoms with van der Waals surface area (Å²) < 4.78 is 1.77. The van der Waals surface area contributed by atoms with Gasteiger partial charge in [0.15, 0.2) is 5.82 Å². The van der Waals surface area contributed by atoms with Gasteiger partial charge in [0.1, 0.15) is 0 Å². The molecule has 0 aliphatic heterocycles. The molecule has 0 unspecified atom stereocenters. The van der Waals surface area contributed by atoms with Crippen LogP contribution in [0.15, 0.2) is 30.5 Å². The van der Waals surface area contributed by atoms with Gasteiger partial charge in [-0.2, -0.15) is 5.10 Å². The molecule has 2 aromatic rings. The van der Waals surface area contributed by atoms with Gasteiger partial charge in [-0.05, 0) is 32.9 Å². The highest BCUT2D eigenvalue weighted by atomic mass is 16.1. The van der Waals surface area contributed by atoms with Crippen LogP contribution in [0.2, 0.25) is 0 Å². The highest BCUT2D eigenvalue weighted by molar-refractivity contribution is 6.03. The Hall–Kier alpha value is -2.10. The van der Waals surface area contributed by atoms with Crippen LogP contribution in [0.3, 0.4) is 0 Å². The molecule has 0 fully saturated rings. The number of hydrogen-bond acceptors (Lipinski definition) is 2. The number of rotatable bonds is 3. The zero-order chi connectivity index (χ0) is 13.1. The van der Waals surface area contributed by atoms with E-state index in [-0.39, 0.29) is 5.91 Å². The summed E-state index contributed by atoms with van der Waals surface area (Å²) in [7, 11) is 0. The van der Waals surface area contributed by atoms with Crippen LogP contribution < -0.4 is 5.32 Å². The topological polar surface area (TPSA) is 46.9 Å². The Bertz CT molecular complexity index is 552. The lowest BCUT2D eigenvalue weighted by atomic mass is 10.1. The smallest absolute Gasteiger partial charge is 0.256 e. The van der Waals surface area contributed by atoms with Gasteiger partial charge in [0.2, 0.25) is 0 Å². The molecule has 4 heteroatoms. The van der Waals surface area contributed by atoms with E-state index in [0.29, 0.717) is 11.4 Å². The molecule has 18 heavy (non-hydrogen) atoms. The molecule has 1 aromatic heterocycles. The summed E-state index contributed by atoms with van der Waals surface area (Å²) in [5, 5.41) is 7.02. The Morgan fingerprint density at radius 3 is 2.50 bits per heavy atom. The summed E-state index contributed by atoms with van der Waals surface area (Å²) >= 11 is 0. The Morgan fingerprint density at radius 1 is 1.28 bits per heavy atom. The quantitative estimate of drug-likeness (QED) is 0.901. The van der Waals surface area contributed by atoms with Crippen LogP contribution in [0.5, 0.6) is 0 Å². The summed E-state index contributed by atoms with van der Waals surface area (Å²) in [6.07, 6.45) is 1.84. The molecule has 0 bridgehead atoms. The molecular weight excluding hydrogens is 226 g/mol. The van der Waals surface area contributed by atoms with E-state index in [1.165, 1.54) is 0 Å². The molecule has 94 valence electrons. The summed E-state index contributed by atoms with van der Waals surface area (Å²) in [4.78, 5) is 12.1. The van der Waals surface area contributed by atoms with Crippen LogP contribution >= 0.6 is 0 Å². The largest absolute Gasteiger partial charge is 0.305 e. The molecule has 1 amide bonds. The molecule has 1 aromatic carbocycles. The van der Waals surface area contributed by atoms with Gasteiger partial charge in [-0.1, -0.05) is 17.2 Å². The minimum absolute atomic E-state index is 0.122. The molecule has 0 saturated heterocycles. The van der Waals surface area contributed by atoms with Crippen molar-refractivity contribution >= 4 is 11.7 Å². The van der Waals surface area contributed by atoms with Crippen molar-refractivity contribution in [2.45, 2.75) is 27.3 Å². The molecule has 4 nitrogen and oxygen atoms in total. The third-order valence-electron chi connectivity index (χ3n) is 2.69. The van der Waals surface area contributed by atoms with Gasteiger partial charge in [-0.25, -0.2) is 0 Å². The molecule has 0 aliphatic carbocycles. The normalized spacial score (nSPS) is 10.4. The average Bonchev–Trinajstić information content (AvgIpc) is 2.75. The fourth-order valence-electron chi connectivity index (χ4n) is 1.90. The first-order chi connectivity index (χ1) is 8.58. The van der Waals surface area contributed by atoms with Crippen molar-refractivity contribution in [1.82, 2.24) is 9.78 Å². The molecule has 0 radical (unpaired) electrons. The molecule has 0 atom stereocenters. The SMILES string of the molecule is CCn1ccc(NC(=O)c2cc(C)cc(C)c2)n1. The first-order valence-corrected chi connectivity index (χ1v) is 6.01. The number of amides is 1. The first-order valence-electron chi connectivity index (χ1n) is 6.01. The van der Waals surface area contributed by atoms with E-state index in [9.17, 15) is 4.79 Å². The summed E-state index contributed by atoms with van der Waals surface area (Å²) in [6.45, 7) is 6.76. The Morgan fingerprint density at radius 2 is 1.94 bits per heavy atom. The molecular formula is C14H17N3O. The Labute approximate surface area is 107 Å². The molecule has 0 saturated carbocycles. The lowest BCUT2D eigenvalue weighted by molar-refractivity contribution is 0.102. The maximum atomic E-state index is 12.1. The molecule has 2 rings (SSSR count). The third-order valence-corrected chi connectivity index (χ3v) is 2.69. The van der Waals surface area contributed by atoms with Crippen molar-refractivity contribution in [3.63, 3.8) is 0 Å². The average molecular weight is 243 g/mol. The molecule has 1 heterocycles. The van der Waals surface area contributed by atoms with Crippen LogP contribution in [-0.2, 0) is 6.54 Å². The van der Waals surface area contributed by atoms with Crippen molar-refractivity contribution in [3.05, 3.63) is 47.2 Å². The lowest BCUT2D eigenvalue weighted by Gasteiger charge is -2.05. The van der Waals surface area contributed by atoms with Crippen LogP contribution in [0.4, 0.5) is 5.82 Å². The minimum Gasteiger partial charge on any atom is -0.305 e. The minimum atomic E-state index is -0.122. The van der Waals surface area contributed by atoms with E-state index in [1.54, 1.807) is 10.7 Å². The Balaban J connectivity index is 2.16. The molecule has 0 spiro atoms. The number of aromatic nitrogens is 2. The van der Waals surface area contributed by atoms with Crippen LogP contribution in [0.25, 0.3) is 0 Å². The summed E-state index contributed by atoms with van der Waals surface area (Å²) in [6, 6.07) is 7.59. The van der Waals surface area contributed by atoms with E-state index in [4.69, 9.17) is 0 Å². The molecule has 0 aliphatic rings. The van der Waals surface area contributed by atoms with Crippen molar-refractivity contribution in [1.29, 1.82) is 0 Å². The van der Waals surface area contributed by atoms with Crippen molar-refractivity contribution in [2.24, 2.45) is 0 Å². The van der Waals surface area contributed by atoms with Crippen LogP contribution in [0, 0.1) is 13.8 Å². The second-order valence-corrected chi connectivity index (χ2v) is 4.39. The standard InChI is InChI=1S/C14H17N3O/c1-4-17-6-5-13(16-17)15-14(18)12-8-10(2)7-11(3)9-12/h5-9H,4H2,1-3H3,(H,15,16,18). The first kappa shape index (κ1) is 12.4. The number of nitrogens with one attached hydrogen (secondary N) is 1. The van der Waals surface area contributed by atoms with E-state index >= 15 is 0 Å². The van der Waals surface area contributed by atoms with E-state index in [1.807, 2.05) is 45.2 Å². The maximum Gasteiger partial charge on any atom is 0.256 e. The van der Waals surface area contributed by atoms with Crippen molar-refractivity contribution < 1.29 is 4.79 Å². The lowest BCUT2D eigenvalue weighted by Crippen LogP contribution is -2.13. The number of anilines is 1. The van der Waals surface area contributed by atoms with Gasteiger partial charge in [-0.15, -0.1) is 0 Å². The zero-order valence-electron chi connectivity index (χ0n) is 10.9. The van der Waals surface area contributed by atoms with Crippen LogP contribution in [-0.4, -0.2) is 15.7 Å². The number of benzene rings is 1. The maximum absolute atomic E-state index is 12.1. The van der Waals surface area contributed by atoms with Gasteiger partial charge in [0.05, 0.1) is 0 Å². The fourth-order valence-corrected chi connectivity index (χ4v) is 1.90. The van der Waals surface area contributed by atoms with Gasteiger partial charge >= 0.3 is 0 Å². The van der Waals surface area contributed by atoms with E-state index < -0.39 is 0 Å². The number of carbonyl (C=O) groups excluding carboxylic acids is 1. The van der Waals surface area contributed by atoms with Gasteiger partial charge in [0.25, 0.3) is 5.91 Å². The predicted molar refractivity (Wildman–Crippen MR) is 71.8 cm³/mol. The predicted octanol–water partition coefficient (Wildman–Crippen LogP) is 2.77. The summed E-state index contributed by atoms with van der Waals surface area (Å²) in [5.41, 5.74) is 2.83. The highest BCUT2D eigenvalue weighted by Gasteiger charge is 2.08. The molecule has 1 N–H and O–H groups in total. The van der Waals surface area contributed by atoms with Gasteiger partial charge in [0, 0.05) is 24.4 Å². The van der Waals surface area contributed by atoms with E-state index in [0.717, 1.165) is 17.7 Å². The van der Waals surface area contributed by atoms with Crippen molar-refractivity contribution in [3.8, 4) is 0 Å². The number of carbonyl (C=O) groups is 1. The third kappa shape index (κ3) is 2.77.